The number of hydrogen-bond acceptors (Lipinski definition) is 9. The van der Waals surface area contributed by atoms with Crippen molar-refractivity contribution in [3.05, 3.63) is 102 Å². The zero-order valence-electron chi connectivity index (χ0n) is 30.4. The average Bonchev–Trinajstić information content (AvgIpc) is 4.03. The van der Waals surface area contributed by atoms with Gasteiger partial charge in [0.05, 0.1) is 17.1 Å². The van der Waals surface area contributed by atoms with Gasteiger partial charge in [0.2, 0.25) is 11.8 Å². The summed E-state index contributed by atoms with van der Waals surface area (Å²) < 4.78 is 2.55. The number of thiophene rings is 2. The zero-order chi connectivity index (χ0) is 39.2. The lowest BCUT2D eigenvalue weighted by Crippen LogP contribution is -2.30. The molecule has 55 heavy (non-hydrogen) atoms. The molecule has 6 heterocycles. The van der Waals surface area contributed by atoms with Gasteiger partial charge in [-0.15, -0.1) is 34.3 Å². The Labute approximate surface area is 340 Å². The van der Waals surface area contributed by atoms with E-state index in [1.165, 1.54) is 29.0 Å². The van der Waals surface area contributed by atoms with Crippen molar-refractivity contribution < 1.29 is 9.59 Å². The molecule has 0 radical (unpaired) electrons. The van der Waals surface area contributed by atoms with Gasteiger partial charge < -0.3 is 15.6 Å². The molecule has 6 aromatic rings. The molecule has 0 saturated carbocycles. The third-order valence-electron chi connectivity index (χ3n) is 9.62. The van der Waals surface area contributed by atoms with Crippen molar-refractivity contribution in [1.29, 1.82) is 0 Å². The second kappa shape index (κ2) is 18.1. The molecule has 2 saturated heterocycles. The molecule has 0 bridgehead atoms. The van der Waals surface area contributed by atoms with Crippen molar-refractivity contribution in [2.75, 3.05) is 37.9 Å². The van der Waals surface area contributed by atoms with E-state index < -0.39 is 0 Å². The number of fused-ring (bicyclic) bond motifs is 2. The number of likely N-dealkylation sites (tertiary alicyclic amines) is 2. The van der Waals surface area contributed by atoms with Crippen LogP contribution in [0.1, 0.15) is 43.2 Å². The Bertz CT molecular complexity index is 2470. The number of carbonyl (C=O) groups excluding carboxylic acids is 2. The quantitative estimate of drug-likeness (QED) is 0.134. The molecule has 2 aromatic carbocycles. The summed E-state index contributed by atoms with van der Waals surface area (Å²) in [5.41, 5.74) is 5.20. The summed E-state index contributed by atoms with van der Waals surface area (Å²) in [6, 6.07) is 11.4. The smallest absolute Gasteiger partial charge is 0.281 e. The maximum absolute atomic E-state index is 13.0. The molecular weight excluding hydrogens is 801 g/mol. The summed E-state index contributed by atoms with van der Waals surface area (Å²) >= 11 is 20.4. The van der Waals surface area contributed by atoms with Crippen LogP contribution < -0.4 is 17.0 Å². The molecule has 2 fully saturated rings. The number of amides is 2. The van der Waals surface area contributed by atoms with Crippen LogP contribution in [-0.4, -0.2) is 72.9 Å². The van der Waals surface area contributed by atoms with Gasteiger partial charge in [-0.3, -0.25) is 23.7 Å². The number of aromatic nitrogens is 4. The number of nitrogens with zero attached hydrogens (tertiary/aromatic N) is 6. The van der Waals surface area contributed by atoms with Crippen LogP contribution in [0, 0.1) is 13.8 Å². The number of nitrogens with two attached hydrogens (primary N) is 1. The van der Waals surface area contributed by atoms with Gasteiger partial charge in [-0.05, 0) is 86.1 Å². The van der Waals surface area contributed by atoms with Crippen LogP contribution in [0.25, 0.3) is 42.7 Å². The van der Waals surface area contributed by atoms with Gasteiger partial charge in [-0.1, -0.05) is 35.3 Å². The van der Waals surface area contributed by atoms with Crippen LogP contribution in [0.5, 0.6) is 0 Å². The van der Waals surface area contributed by atoms with E-state index in [1.807, 2.05) is 70.8 Å². The topological polar surface area (TPSA) is 136 Å². The molecule has 2 aliphatic heterocycles. The van der Waals surface area contributed by atoms with E-state index in [4.69, 9.17) is 40.6 Å². The number of halogens is 3. The molecule has 4 aromatic heterocycles. The second-order valence-electron chi connectivity index (χ2n) is 13.3. The lowest BCUT2D eigenvalue weighted by Gasteiger charge is -2.15. The maximum atomic E-state index is 13.0. The monoisotopic (exact) mass is 839 g/mol. The Morgan fingerprint density at radius 3 is 1.69 bits per heavy atom. The molecule has 16 heteroatoms. The first kappa shape index (κ1) is 40.4. The van der Waals surface area contributed by atoms with Crippen molar-refractivity contribution >= 4 is 89.7 Å². The molecular formula is C39H40Cl3N7O4S2. The van der Waals surface area contributed by atoms with Crippen molar-refractivity contribution in [1.82, 2.24) is 29.0 Å². The van der Waals surface area contributed by atoms with Gasteiger partial charge >= 0.3 is 0 Å². The predicted octanol–water partition coefficient (Wildman–Crippen LogP) is 7.75. The highest BCUT2D eigenvalue weighted by Crippen LogP contribution is 2.34. The molecule has 2 aliphatic rings. The number of rotatable bonds is 6. The van der Waals surface area contributed by atoms with Crippen molar-refractivity contribution in [3.8, 4) is 22.3 Å². The van der Waals surface area contributed by atoms with E-state index in [1.54, 1.807) is 10.9 Å². The maximum Gasteiger partial charge on any atom is 0.281 e. The number of aryl methyl sites for hydroxylation is 3. The minimum absolute atomic E-state index is 0.0779. The number of hydrogen-bond donors (Lipinski definition) is 1. The Hall–Kier alpha value is -4.27. The lowest BCUT2D eigenvalue weighted by molar-refractivity contribution is -0.130. The minimum atomic E-state index is -0.242. The first-order valence-electron chi connectivity index (χ1n) is 17.8. The summed E-state index contributed by atoms with van der Waals surface area (Å²) in [6.07, 6.45) is 7.63. The second-order valence-corrected chi connectivity index (χ2v) is 16.1. The van der Waals surface area contributed by atoms with E-state index in [-0.39, 0.29) is 28.8 Å². The van der Waals surface area contributed by atoms with Gasteiger partial charge in [-0.2, -0.15) is 0 Å². The van der Waals surface area contributed by atoms with Gasteiger partial charge in [0.15, 0.2) is 0 Å². The number of nitrogen functional groups attached to an aromatic ring is 1. The van der Waals surface area contributed by atoms with Gasteiger partial charge in [0.1, 0.15) is 21.9 Å². The first-order chi connectivity index (χ1) is 26.5. The number of benzene rings is 2. The Morgan fingerprint density at radius 2 is 1.20 bits per heavy atom. The van der Waals surface area contributed by atoms with E-state index in [0.29, 0.717) is 43.4 Å². The molecule has 2 amide bonds. The molecule has 0 atom stereocenters. The highest BCUT2D eigenvalue weighted by atomic mass is 35.5. The molecule has 2 N–H and O–H groups in total. The predicted molar refractivity (Wildman–Crippen MR) is 225 cm³/mol. The Morgan fingerprint density at radius 1 is 0.727 bits per heavy atom. The number of alkyl halides is 1. The molecule has 0 aliphatic carbocycles. The van der Waals surface area contributed by atoms with Crippen LogP contribution in [0.3, 0.4) is 0 Å². The normalized spacial score (nSPS) is 13.8. The summed E-state index contributed by atoms with van der Waals surface area (Å²) in [5, 5.41) is 6.45. The molecule has 0 unspecified atom stereocenters. The first-order valence-corrected chi connectivity index (χ1v) is 20.9. The average molecular weight is 841 g/mol. The van der Waals surface area contributed by atoms with Gasteiger partial charge in [-0.25, -0.2) is 14.6 Å². The number of carbonyl (C=O) groups is 2. The van der Waals surface area contributed by atoms with Crippen LogP contribution in [0.4, 0.5) is 0 Å². The minimum Gasteiger partial charge on any atom is -0.343 e. The summed E-state index contributed by atoms with van der Waals surface area (Å²) in [4.78, 5) is 61.9. The molecule has 8 rings (SSSR count). The Balaban J connectivity index is 0.000000159. The zero-order valence-corrected chi connectivity index (χ0v) is 34.3. The van der Waals surface area contributed by atoms with E-state index >= 15 is 0 Å². The fourth-order valence-electron chi connectivity index (χ4n) is 6.51. The van der Waals surface area contributed by atoms with Crippen molar-refractivity contribution in [3.63, 3.8) is 0 Å². The van der Waals surface area contributed by atoms with Crippen LogP contribution in [-0.2, 0) is 16.1 Å². The highest BCUT2D eigenvalue weighted by Gasteiger charge is 2.20. The van der Waals surface area contributed by atoms with Crippen LogP contribution in [0.15, 0.2) is 69.4 Å². The van der Waals surface area contributed by atoms with E-state index in [2.05, 4.69) is 9.97 Å². The standard InChI is InChI=1S/C20H20ClN3O2S.C13H10ClN3OS.C6H10ClNO/c1-13-10-14(4-5-16(13)21)15-11-27-19-18(15)20(26)24(12-22-19)9-6-17(25)23-7-2-3-8-23;1-7-4-8(2-3-10(7)14)9-5-19-12-11(9)13(18)17(15)6-16-12;7-5-6(9)8-3-1-2-4-8/h4-5,10-12H,2-3,6-9H2,1H3;2-6H,15H2,1H3;1-5H2. The summed E-state index contributed by atoms with van der Waals surface area (Å²) in [5.74, 6) is 5.90. The van der Waals surface area contributed by atoms with Gasteiger partial charge in [0, 0.05) is 71.1 Å². The third-order valence-corrected chi connectivity index (χ3v) is 12.5. The van der Waals surface area contributed by atoms with Gasteiger partial charge in [0.25, 0.3) is 11.1 Å². The molecule has 11 nitrogen and oxygen atoms in total. The van der Waals surface area contributed by atoms with Crippen molar-refractivity contribution in [2.45, 2.75) is 52.5 Å². The summed E-state index contributed by atoms with van der Waals surface area (Å²) in [6.45, 7) is 7.70. The highest BCUT2D eigenvalue weighted by molar-refractivity contribution is 7.17. The van der Waals surface area contributed by atoms with E-state index in [0.717, 1.165) is 89.9 Å². The molecule has 288 valence electrons. The summed E-state index contributed by atoms with van der Waals surface area (Å²) in [7, 11) is 0. The largest absolute Gasteiger partial charge is 0.343 e. The lowest BCUT2D eigenvalue weighted by atomic mass is 10.0. The van der Waals surface area contributed by atoms with Crippen LogP contribution >= 0.6 is 57.5 Å². The van der Waals surface area contributed by atoms with E-state index in [9.17, 15) is 19.2 Å². The third kappa shape index (κ3) is 9.24. The SMILES string of the molecule is Cc1cc(-c2csc3ncn(CCC(=O)N4CCCC4)c(=O)c23)ccc1Cl.Cc1cc(-c2csc3ncn(N)c(=O)c23)ccc1Cl.O=C(CCl)N1CCCC1. The van der Waals surface area contributed by atoms with Crippen molar-refractivity contribution in [2.24, 2.45) is 0 Å². The molecule has 0 spiro atoms. The van der Waals surface area contributed by atoms with Crippen LogP contribution in [0.2, 0.25) is 10.0 Å². The fraction of sp³-hybridized carbons (Fsp3) is 0.333. The Kier molecular flexibility index (Phi) is 13.3. The fourth-order valence-corrected chi connectivity index (χ4v) is 8.73.